The molecule has 2 aromatic carbocycles. The van der Waals surface area contributed by atoms with Gasteiger partial charge in [0.1, 0.15) is 5.82 Å². The zero-order valence-electron chi connectivity index (χ0n) is 11.1. The molecule has 0 fully saturated rings. The van der Waals surface area contributed by atoms with Crippen molar-refractivity contribution in [2.45, 2.75) is 24.3 Å². The lowest BCUT2D eigenvalue weighted by Crippen LogP contribution is -2.13. The molecule has 0 bridgehead atoms. The van der Waals surface area contributed by atoms with Crippen molar-refractivity contribution in [3.63, 3.8) is 0 Å². The van der Waals surface area contributed by atoms with Crippen molar-refractivity contribution < 1.29 is 9.50 Å². The van der Waals surface area contributed by atoms with Gasteiger partial charge in [0.15, 0.2) is 0 Å². The van der Waals surface area contributed by atoms with Gasteiger partial charge in [0, 0.05) is 21.5 Å². The number of halogens is 2. The van der Waals surface area contributed by atoms with Crippen LogP contribution in [0.25, 0.3) is 0 Å². The van der Waals surface area contributed by atoms with E-state index >= 15 is 0 Å². The molecule has 0 aliphatic heterocycles. The van der Waals surface area contributed by atoms with Crippen molar-refractivity contribution in [2.75, 3.05) is 5.75 Å². The molecule has 1 unspecified atom stereocenters. The van der Waals surface area contributed by atoms with Crippen molar-refractivity contribution in [2.24, 2.45) is 0 Å². The number of benzene rings is 2. The Kier molecular flexibility index (Phi) is 5.64. The lowest BCUT2D eigenvalue weighted by Gasteiger charge is -2.12. The molecule has 106 valence electrons. The first kappa shape index (κ1) is 15.5. The summed E-state index contributed by atoms with van der Waals surface area (Å²) in [5.74, 6) is 0.344. The molecular weight excluding hydrogens is 339 g/mol. The van der Waals surface area contributed by atoms with Gasteiger partial charge in [-0.15, -0.1) is 11.8 Å². The van der Waals surface area contributed by atoms with Crippen molar-refractivity contribution >= 4 is 27.7 Å². The van der Waals surface area contributed by atoms with E-state index in [9.17, 15) is 9.50 Å². The van der Waals surface area contributed by atoms with Crippen molar-refractivity contribution in [3.05, 3.63) is 63.9 Å². The first-order valence-electron chi connectivity index (χ1n) is 6.36. The number of aryl methyl sites for hydroxylation is 1. The molecule has 1 nitrogen and oxygen atoms in total. The lowest BCUT2D eigenvalue weighted by atomic mass is 10.1. The first-order valence-corrected chi connectivity index (χ1v) is 8.14. The maximum atomic E-state index is 13.0. The topological polar surface area (TPSA) is 20.2 Å². The van der Waals surface area contributed by atoms with E-state index in [2.05, 4.69) is 47.1 Å². The summed E-state index contributed by atoms with van der Waals surface area (Å²) >= 11 is 4.95. The quantitative estimate of drug-likeness (QED) is 0.792. The number of hydrogen-bond acceptors (Lipinski definition) is 2. The first-order chi connectivity index (χ1) is 9.54. The Hall–Kier alpha value is -0.840. The van der Waals surface area contributed by atoms with Crippen LogP contribution in [-0.2, 0) is 6.42 Å². The van der Waals surface area contributed by atoms with Gasteiger partial charge in [0.05, 0.1) is 6.10 Å². The van der Waals surface area contributed by atoms with Crippen LogP contribution in [0.3, 0.4) is 0 Å². The highest BCUT2D eigenvalue weighted by atomic mass is 79.9. The third-order valence-electron chi connectivity index (χ3n) is 2.93. The van der Waals surface area contributed by atoms with Gasteiger partial charge in [-0.1, -0.05) is 39.7 Å². The highest BCUT2D eigenvalue weighted by molar-refractivity contribution is 9.10. The van der Waals surface area contributed by atoms with E-state index in [1.165, 1.54) is 17.7 Å². The van der Waals surface area contributed by atoms with Crippen LogP contribution in [0.5, 0.6) is 0 Å². The maximum Gasteiger partial charge on any atom is 0.124 e. The standard InChI is InChI=1S/C16H16BrFOS/c1-11-2-6-15(7-3-11)20-10-14(19)8-12-4-5-13(18)9-16(12)17/h2-7,9,14,19H,8,10H2,1H3. The predicted molar refractivity (Wildman–Crippen MR) is 85.7 cm³/mol. The minimum Gasteiger partial charge on any atom is -0.392 e. The van der Waals surface area contributed by atoms with Gasteiger partial charge in [-0.2, -0.15) is 0 Å². The zero-order valence-corrected chi connectivity index (χ0v) is 13.5. The summed E-state index contributed by atoms with van der Waals surface area (Å²) < 4.78 is 13.7. The molecule has 2 rings (SSSR count). The van der Waals surface area contributed by atoms with Gasteiger partial charge >= 0.3 is 0 Å². The smallest absolute Gasteiger partial charge is 0.124 e. The summed E-state index contributed by atoms with van der Waals surface area (Å²) in [6.07, 6.45) is 0.0581. The van der Waals surface area contributed by atoms with Crippen LogP contribution in [0, 0.1) is 12.7 Å². The second-order valence-corrected chi connectivity index (χ2v) is 6.67. The van der Waals surface area contributed by atoms with Gasteiger partial charge in [-0.3, -0.25) is 0 Å². The molecule has 4 heteroatoms. The molecule has 20 heavy (non-hydrogen) atoms. The van der Waals surface area contributed by atoms with Gasteiger partial charge in [-0.05, 0) is 36.8 Å². The zero-order chi connectivity index (χ0) is 14.5. The molecule has 0 aromatic heterocycles. The van der Waals surface area contributed by atoms with Crippen LogP contribution in [0.15, 0.2) is 51.8 Å². The Bertz CT molecular complexity index is 571. The maximum absolute atomic E-state index is 13.0. The van der Waals surface area contributed by atoms with E-state index in [0.717, 1.165) is 10.5 Å². The van der Waals surface area contributed by atoms with E-state index < -0.39 is 6.10 Å². The summed E-state index contributed by atoms with van der Waals surface area (Å²) in [6.45, 7) is 2.05. The minimum absolute atomic E-state index is 0.274. The second-order valence-electron chi connectivity index (χ2n) is 4.72. The molecule has 0 spiro atoms. The van der Waals surface area contributed by atoms with Crippen LogP contribution in [0.1, 0.15) is 11.1 Å². The molecular formula is C16H16BrFOS. The van der Waals surface area contributed by atoms with Gasteiger partial charge < -0.3 is 5.11 Å². The average Bonchev–Trinajstić information content (AvgIpc) is 2.41. The minimum atomic E-state index is -0.455. The Labute approximate surface area is 131 Å². The molecule has 0 saturated heterocycles. The monoisotopic (exact) mass is 354 g/mol. The Morgan fingerprint density at radius 3 is 2.55 bits per heavy atom. The molecule has 1 N–H and O–H groups in total. The normalized spacial score (nSPS) is 12.4. The van der Waals surface area contributed by atoms with Crippen LogP contribution >= 0.6 is 27.7 Å². The summed E-state index contributed by atoms with van der Waals surface area (Å²) in [5.41, 5.74) is 2.15. The number of thioether (sulfide) groups is 1. The van der Waals surface area contributed by atoms with E-state index in [0.29, 0.717) is 16.6 Å². The van der Waals surface area contributed by atoms with Crippen LogP contribution in [0.2, 0.25) is 0 Å². The highest BCUT2D eigenvalue weighted by Crippen LogP contribution is 2.23. The summed E-state index contributed by atoms with van der Waals surface area (Å²) in [5, 5.41) is 10.1. The summed E-state index contributed by atoms with van der Waals surface area (Å²) in [6, 6.07) is 12.8. The van der Waals surface area contributed by atoms with Crippen molar-refractivity contribution in [3.8, 4) is 0 Å². The fraction of sp³-hybridized carbons (Fsp3) is 0.250. The molecule has 0 aliphatic rings. The molecule has 1 atom stereocenters. The van der Waals surface area contributed by atoms with Gasteiger partial charge in [0.2, 0.25) is 0 Å². The largest absolute Gasteiger partial charge is 0.392 e. The highest BCUT2D eigenvalue weighted by Gasteiger charge is 2.09. The number of aliphatic hydroxyl groups excluding tert-OH is 1. The third kappa shape index (κ3) is 4.62. The Morgan fingerprint density at radius 1 is 1.20 bits per heavy atom. The Morgan fingerprint density at radius 2 is 1.90 bits per heavy atom. The second kappa shape index (κ2) is 7.25. The van der Waals surface area contributed by atoms with Crippen LogP contribution < -0.4 is 0 Å². The summed E-state index contributed by atoms with van der Waals surface area (Å²) in [4.78, 5) is 1.15. The fourth-order valence-electron chi connectivity index (χ4n) is 1.83. The van der Waals surface area contributed by atoms with E-state index in [-0.39, 0.29) is 5.82 Å². The molecule has 0 saturated carbocycles. The lowest BCUT2D eigenvalue weighted by molar-refractivity contribution is 0.200. The van der Waals surface area contributed by atoms with Gasteiger partial charge in [-0.25, -0.2) is 4.39 Å². The third-order valence-corrected chi connectivity index (χ3v) is 4.83. The van der Waals surface area contributed by atoms with Crippen molar-refractivity contribution in [1.82, 2.24) is 0 Å². The van der Waals surface area contributed by atoms with Gasteiger partial charge in [0.25, 0.3) is 0 Å². The number of rotatable bonds is 5. The van der Waals surface area contributed by atoms with E-state index in [1.807, 2.05) is 0 Å². The van der Waals surface area contributed by atoms with E-state index in [4.69, 9.17) is 0 Å². The molecule has 0 radical (unpaired) electrons. The van der Waals surface area contributed by atoms with Crippen LogP contribution in [-0.4, -0.2) is 17.0 Å². The van der Waals surface area contributed by atoms with Crippen molar-refractivity contribution in [1.29, 1.82) is 0 Å². The predicted octanol–water partition coefficient (Wildman–Crippen LogP) is 4.59. The number of hydrogen-bond donors (Lipinski definition) is 1. The molecule has 0 amide bonds. The number of aliphatic hydroxyl groups is 1. The average molecular weight is 355 g/mol. The summed E-state index contributed by atoms with van der Waals surface area (Å²) in [7, 11) is 0. The van der Waals surface area contributed by atoms with Crippen LogP contribution in [0.4, 0.5) is 4.39 Å². The Balaban J connectivity index is 1.89. The molecule has 2 aromatic rings. The molecule has 0 heterocycles. The SMILES string of the molecule is Cc1ccc(SCC(O)Cc2ccc(F)cc2Br)cc1. The van der Waals surface area contributed by atoms with E-state index in [1.54, 1.807) is 17.8 Å². The fourth-order valence-corrected chi connectivity index (χ4v) is 3.17. The molecule has 0 aliphatic carbocycles.